The molecule has 37 heavy (non-hydrogen) atoms. The van der Waals surface area contributed by atoms with E-state index in [9.17, 15) is 15.3 Å². The van der Waals surface area contributed by atoms with Crippen molar-refractivity contribution in [2.24, 2.45) is 0 Å². The Hall–Kier alpha value is -0.200. The summed E-state index contributed by atoms with van der Waals surface area (Å²) in [4.78, 5) is 1.98. The fraction of sp³-hybridized carbons (Fsp3) is 1.00. The van der Waals surface area contributed by atoms with E-state index in [0.717, 1.165) is 13.0 Å². The van der Waals surface area contributed by atoms with Gasteiger partial charge in [0, 0.05) is 6.54 Å². The molecule has 0 rings (SSSR count). The molecule has 0 aromatic carbocycles. The van der Waals surface area contributed by atoms with Crippen LogP contribution >= 0.6 is 0 Å². The first-order valence-corrected chi connectivity index (χ1v) is 16.4. The molecule has 0 aliphatic carbocycles. The average molecular weight is 530 g/mol. The van der Waals surface area contributed by atoms with E-state index in [-0.39, 0.29) is 0 Å². The van der Waals surface area contributed by atoms with Gasteiger partial charge in [-0.15, -0.1) is 0 Å². The van der Waals surface area contributed by atoms with Gasteiger partial charge in [-0.05, 0) is 20.0 Å². The summed E-state index contributed by atoms with van der Waals surface area (Å²) < 4.78 is 0. The predicted octanol–water partition coefficient (Wildman–Crippen LogP) is 7.38. The van der Waals surface area contributed by atoms with Crippen LogP contribution in [0.5, 0.6) is 0 Å². The number of rotatable bonds is 30. The molecule has 0 aromatic rings. The van der Waals surface area contributed by atoms with Gasteiger partial charge in [-0.2, -0.15) is 0 Å². The van der Waals surface area contributed by atoms with Crippen LogP contribution in [-0.4, -0.2) is 70.4 Å². The molecule has 0 bridgehead atoms. The van der Waals surface area contributed by atoms with Crippen LogP contribution in [-0.2, 0) is 0 Å². The summed E-state index contributed by atoms with van der Waals surface area (Å²) in [5.74, 6) is 0. The Morgan fingerprint density at radius 2 is 0.757 bits per heavy atom. The van der Waals surface area contributed by atoms with Crippen LogP contribution in [0.1, 0.15) is 161 Å². The zero-order valence-electron chi connectivity index (χ0n) is 25.1. The highest BCUT2D eigenvalue weighted by atomic mass is 16.4. The molecule has 0 aromatic heterocycles. The summed E-state index contributed by atoms with van der Waals surface area (Å²) in [5, 5.41) is 37.9. The highest BCUT2D eigenvalue weighted by Crippen LogP contribution is 2.15. The third-order valence-electron chi connectivity index (χ3n) is 7.87. The number of nitrogens with zero attached hydrogens (tertiary/aromatic N) is 1. The highest BCUT2D eigenvalue weighted by molar-refractivity contribution is 4.76. The van der Waals surface area contributed by atoms with Gasteiger partial charge in [0.25, 0.3) is 0 Å². The lowest BCUT2D eigenvalue weighted by Crippen LogP contribution is -2.45. The molecule has 0 fully saturated rings. The number of likely N-dealkylation sites (N-methyl/N-ethyl adjacent to an activating group) is 1. The Kier molecular flexibility index (Phi) is 28.6. The number of aliphatic hydroxyl groups is 4. The second-order valence-corrected chi connectivity index (χ2v) is 11.7. The first-order valence-electron chi connectivity index (χ1n) is 16.4. The van der Waals surface area contributed by atoms with Crippen LogP contribution in [0, 0.1) is 0 Å². The van der Waals surface area contributed by atoms with Crippen molar-refractivity contribution < 1.29 is 20.4 Å². The van der Waals surface area contributed by atoms with Crippen LogP contribution in [0.2, 0.25) is 0 Å². The van der Waals surface area contributed by atoms with Gasteiger partial charge < -0.3 is 25.3 Å². The van der Waals surface area contributed by atoms with Gasteiger partial charge in [0.15, 0.2) is 0 Å². The molecule has 5 heteroatoms. The quantitative estimate of drug-likeness (QED) is 0.0730. The summed E-state index contributed by atoms with van der Waals surface area (Å²) in [6, 6.07) is 0. The van der Waals surface area contributed by atoms with Gasteiger partial charge in [0.2, 0.25) is 0 Å². The van der Waals surface area contributed by atoms with Crippen molar-refractivity contribution in [3.63, 3.8) is 0 Å². The molecule has 0 spiro atoms. The van der Waals surface area contributed by atoms with E-state index in [4.69, 9.17) is 5.11 Å². The predicted molar refractivity (Wildman–Crippen MR) is 159 cm³/mol. The second-order valence-electron chi connectivity index (χ2n) is 11.7. The smallest absolute Gasteiger partial charge is 0.109 e. The molecule has 224 valence electrons. The van der Waals surface area contributed by atoms with E-state index >= 15 is 0 Å². The highest BCUT2D eigenvalue weighted by Gasteiger charge is 2.24. The molecule has 3 atom stereocenters. The average Bonchev–Trinajstić information content (AvgIpc) is 2.90. The first-order chi connectivity index (χ1) is 18.0. The number of hydrogen-bond donors (Lipinski definition) is 4. The van der Waals surface area contributed by atoms with Crippen molar-refractivity contribution in [2.45, 2.75) is 179 Å². The lowest BCUT2D eigenvalue weighted by molar-refractivity contribution is -0.0826. The van der Waals surface area contributed by atoms with Crippen LogP contribution in [0.4, 0.5) is 0 Å². The van der Waals surface area contributed by atoms with E-state index in [0.29, 0.717) is 6.54 Å². The minimum absolute atomic E-state index is 0.303. The largest absolute Gasteiger partial charge is 0.394 e. The second kappa shape index (κ2) is 28.8. The molecule has 0 aliphatic heterocycles. The molecule has 3 unspecified atom stereocenters. The lowest BCUT2D eigenvalue weighted by Gasteiger charge is -2.26. The van der Waals surface area contributed by atoms with E-state index in [1.54, 1.807) is 0 Å². The topological polar surface area (TPSA) is 84.2 Å². The van der Waals surface area contributed by atoms with Crippen molar-refractivity contribution in [3.8, 4) is 0 Å². The third-order valence-corrected chi connectivity index (χ3v) is 7.87. The molecule has 0 radical (unpaired) electrons. The summed E-state index contributed by atoms with van der Waals surface area (Å²) in [7, 11) is 1.92. The molecule has 0 amide bonds. The van der Waals surface area contributed by atoms with Crippen molar-refractivity contribution in [1.82, 2.24) is 4.90 Å². The first kappa shape index (κ1) is 36.8. The van der Waals surface area contributed by atoms with Crippen LogP contribution in [0.15, 0.2) is 0 Å². The Morgan fingerprint density at radius 1 is 0.459 bits per heavy atom. The fourth-order valence-electron chi connectivity index (χ4n) is 5.23. The molecule has 0 aliphatic rings. The Bertz CT molecular complexity index is 437. The summed E-state index contributed by atoms with van der Waals surface area (Å²) in [6.45, 7) is 2.93. The van der Waals surface area contributed by atoms with Crippen molar-refractivity contribution in [1.29, 1.82) is 0 Å². The number of unbranched alkanes of at least 4 members (excludes halogenated alkanes) is 23. The van der Waals surface area contributed by atoms with Crippen molar-refractivity contribution in [2.75, 3.05) is 26.7 Å². The normalized spacial score (nSPS) is 14.4. The van der Waals surface area contributed by atoms with E-state index in [2.05, 4.69) is 6.92 Å². The fourth-order valence-corrected chi connectivity index (χ4v) is 5.23. The Balaban J connectivity index is 3.22. The molecular formula is C32H67NO4. The van der Waals surface area contributed by atoms with Crippen LogP contribution in [0.3, 0.4) is 0 Å². The maximum absolute atomic E-state index is 9.91. The summed E-state index contributed by atoms with van der Waals surface area (Å²) >= 11 is 0. The monoisotopic (exact) mass is 530 g/mol. The Labute approximate surface area is 231 Å². The Morgan fingerprint density at radius 3 is 1.05 bits per heavy atom. The zero-order chi connectivity index (χ0) is 27.4. The third kappa shape index (κ3) is 25.8. The molecule has 0 heterocycles. The molecule has 4 N–H and O–H groups in total. The van der Waals surface area contributed by atoms with Crippen molar-refractivity contribution in [3.05, 3.63) is 0 Å². The molecule has 0 saturated heterocycles. The van der Waals surface area contributed by atoms with Crippen LogP contribution < -0.4 is 0 Å². The molecule has 5 nitrogen and oxygen atoms in total. The van der Waals surface area contributed by atoms with E-state index in [1.807, 2.05) is 11.9 Å². The zero-order valence-corrected chi connectivity index (χ0v) is 25.1. The molecule has 0 saturated carbocycles. The van der Waals surface area contributed by atoms with Gasteiger partial charge in [-0.1, -0.05) is 155 Å². The minimum atomic E-state index is -1.30. The van der Waals surface area contributed by atoms with Crippen molar-refractivity contribution >= 4 is 0 Å². The van der Waals surface area contributed by atoms with E-state index in [1.165, 1.54) is 148 Å². The lowest BCUT2D eigenvalue weighted by atomic mass is 10.0. The minimum Gasteiger partial charge on any atom is -0.394 e. The number of aliphatic hydroxyl groups excluding tert-OH is 4. The maximum Gasteiger partial charge on any atom is 0.109 e. The summed E-state index contributed by atoms with van der Waals surface area (Å²) in [6.07, 6.45) is 29.8. The van der Waals surface area contributed by atoms with Gasteiger partial charge in [-0.25, -0.2) is 0 Å². The van der Waals surface area contributed by atoms with Gasteiger partial charge in [0.05, 0.1) is 12.7 Å². The van der Waals surface area contributed by atoms with Crippen LogP contribution in [0.25, 0.3) is 0 Å². The maximum atomic E-state index is 9.91. The van der Waals surface area contributed by atoms with Gasteiger partial charge >= 0.3 is 0 Å². The SMILES string of the molecule is CCCCCCCCCCCCCCCCCCCCCCCCCCN(C)CC(O)C(O)C(O)CO. The van der Waals surface area contributed by atoms with Gasteiger partial charge in [-0.3, -0.25) is 0 Å². The standard InChI is InChI=1S/C32H67NO4/c1-3-4-5-6-7-8-9-10-11-12-13-14-15-16-17-18-19-20-21-22-23-24-25-26-27-33(2)28-30(35)32(37)31(36)29-34/h30-32,34-37H,3-29H2,1-2H3. The van der Waals surface area contributed by atoms with Gasteiger partial charge in [0.1, 0.15) is 12.2 Å². The van der Waals surface area contributed by atoms with E-state index < -0.39 is 24.9 Å². The molecular weight excluding hydrogens is 462 g/mol. The number of hydrogen-bond acceptors (Lipinski definition) is 5. The summed E-state index contributed by atoms with van der Waals surface area (Å²) in [5.41, 5.74) is 0.